The van der Waals surface area contributed by atoms with Crippen molar-refractivity contribution in [2.75, 3.05) is 24.8 Å². The van der Waals surface area contributed by atoms with Gasteiger partial charge >= 0.3 is 0 Å². The molecule has 0 aliphatic rings. The van der Waals surface area contributed by atoms with Crippen LogP contribution in [0.15, 0.2) is 42.5 Å². The van der Waals surface area contributed by atoms with Gasteiger partial charge in [0.05, 0.1) is 7.11 Å². The number of nitrogens with two attached hydrogens (primary N) is 1. The first-order chi connectivity index (χ1) is 9.54. The second-order valence-corrected chi connectivity index (χ2v) is 5.19. The van der Waals surface area contributed by atoms with Crippen molar-refractivity contribution in [1.29, 1.82) is 0 Å². The Kier molecular flexibility index (Phi) is 4.18. The molecule has 0 radical (unpaired) electrons. The fourth-order valence-electron chi connectivity index (χ4n) is 2.44. The molecule has 0 saturated carbocycles. The first-order valence-corrected chi connectivity index (χ1v) is 6.80. The van der Waals surface area contributed by atoms with Gasteiger partial charge in [-0.15, -0.1) is 0 Å². The van der Waals surface area contributed by atoms with E-state index in [9.17, 15) is 0 Å². The quantitative estimate of drug-likeness (QED) is 0.847. The second-order valence-electron chi connectivity index (χ2n) is 5.19. The Morgan fingerprint density at radius 1 is 1.05 bits per heavy atom. The van der Waals surface area contributed by atoms with Crippen LogP contribution in [-0.4, -0.2) is 14.2 Å². The Balaban J connectivity index is 2.42. The van der Waals surface area contributed by atoms with E-state index in [-0.39, 0.29) is 0 Å². The highest BCUT2D eigenvalue weighted by molar-refractivity contribution is 5.72. The van der Waals surface area contributed by atoms with Crippen molar-refractivity contribution < 1.29 is 4.74 Å². The minimum absolute atomic E-state index is 0.381. The van der Waals surface area contributed by atoms with Crippen LogP contribution >= 0.6 is 0 Å². The standard InChI is InChI=1S/C17H22N2O/c1-12(2)17-15(18)6-5-7-16(17)19(3)13-8-10-14(20-4)11-9-13/h5-12H,18H2,1-4H3. The summed E-state index contributed by atoms with van der Waals surface area (Å²) in [7, 11) is 3.73. The van der Waals surface area contributed by atoms with E-state index in [0.29, 0.717) is 5.92 Å². The molecule has 3 heteroatoms. The summed E-state index contributed by atoms with van der Waals surface area (Å²) in [6.45, 7) is 4.33. The third-order valence-corrected chi connectivity index (χ3v) is 3.52. The molecule has 0 aromatic heterocycles. The highest BCUT2D eigenvalue weighted by Crippen LogP contribution is 2.35. The lowest BCUT2D eigenvalue weighted by Gasteiger charge is -2.25. The molecule has 0 atom stereocenters. The summed E-state index contributed by atoms with van der Waals surface area (Å²) in [5.74, 6) is 1.24. The Morgan fingerprint density at radius 3 is 2.25 bits per heavy atom. The number of hydrogen-bond donors (Lipinski definition) is 1. The number of rotatable bonds is 4. The van der Waals surface area contributed by atoms with Gasteiger partial charge in [-0.05, 0) is 42.3 Å². The lowest BCUT2D eigenvalue weighted by molar-refractivity contribution is 0.415. The number of nitrogen functional groups attached to an aromatic ring is 1. The third-order valence-electron chi connectivity index (χ3n) is 3.52. The molecule has 0 heterocycles. The molecule has 2 rings (SSSR count). The zero-order valence-electron chi connectivity index (χ0n) is 12.6. The zero-order chi connectivity index (χ0) is 14.7. The number of hydrogen-bond acceptors (Lipinski definition) is 3. The van der Waals surface area contributed by atoms with E-state index in [2.05, 4.69) is 31.9 Å². The molecular formula is C17H22N2O. The first-order valence-electron chi connectivity index (χ1n) is 6.80. The van der Waals surface area contributed by atoms with Crippen LogP contribution in [-0.2, 0) is 0 Å². The number of anilines is 3. The smallest absolute Gasteiger partial charge is 0.119 e. The monoisotopic (exact) mass is 270 g/mol. The third kappa shape index (κ3) is 2.72. The van der Waals surface area contributed by atoms with Crippen molar-refractivity contribution in [3.8, 4) is 5.75 Å². The van der Waals surface area contributed by atoms with E-state index in [4.69, 9.17) is 10.5 Å². The van der Waals surface area contributed by atoms with Gasteiger partial charge in [-0.25, -0.2) is 0 Å². The van der Waals surface area contributed by atoms with Crippen LogP contribution in [0, 0.1) is 0 Å². The summed E-state index contributed by atoms with van der Waals surface area (Å²) >= 11 is 0. The highest BCUT2D eigenvalue weighted by Gasteiger charge is 2.14. The van der Waals surface area contributed by atoms with Crippen LogP contribution in [0.5, 0.6) is 5.75 Å². The van der Waals surface area contributed by atoms with Gasteiger partial charge in [0.25, 0.3) is 0 Å². The molecule has 106 valence electrons. The van der Waals surface area contributed by atoms with Gasteiger partial charge in [-0.3, -0.25) is 0 Å². The van der Waals surface area contributed by atoms with E-state index < -0.39 is 0 Å². The van der Waals surface area contributed by atoms with Gasteiger partial charge in [0.1, 0.15) is 5.75 Å². The highest BCUT2D eigenvalue weighted by atomic mass is 16.5. The molecule has 2 aromatic rings. The molecular weight excluding hydrogens is 248 g/mol. The zero-order valence-corrected chi connectivity index (χ0v) is 12.6. The number of benzene rings is 2. The van der Waals surface area contributed by atoms with E-state index in [1.807, 2.05) is 36.4 Å². The average molecular weight is 270 g/mol. The average Bonchev–Trinajstić information content (AvgIpc) is 2.46. The van der Waals surface area contributed by atoms with Crippen molar-refractivity contribution in [3.05, 3.63) is 48.0 Å². The largest absolute Gasteiger partial charge is 0.497 e. The summed E-state index contributed by atoms with van der Waals surface area (Å²) < 4.78 is 5.20. The topological polar surface area (TPSA) is 38.5 Å². The Morgan fingerprint density at radius 2 is 1.70 bits per heavy atom. The first kappa shape index (κ1) is 14.3. The summed E-state index contributed by atoms with van der Waals surface area (Å²) in [5, 5.41) is 0. The van der Waals surface area contributed by atoms with Crippen molar-refractivity contribution in [1.82, 2.24) is 0 Å². The maximum absolute atomic E-state index is 6.14. The van der Waals surface area contributed by atoms with E-state index in [1.165, 1.54) is 5.56 Å². The summed E-state index contributed by atoms with van der Waals surface area (Å²) in [6.07, 6.45) is 0. The molecule has 0 aliphatic heterocycles. The lowest BCUT2D eigenvalue weighted by atomic mass is 9.98. The van der Waals surface area contributed by atoms with Gasteiger partial charge in [0.2, 0.25) is 0 Å². The van der Waals surface area contributed by atoms with Crippen LogP contribution in [0.1, 0.15) is 25.3 Å². The fraction of sp³-hybridized carbons (Fsp3) is 0.294. The van der Waals surface area contributed by atoms with E-state index in [1.54, 1.807) is 7.11 Å². The predicted molar refractivity (Wildman–Crippen MR) is 86.0 cm³/mol. The van der Waals surface area contributed by atoms with Crippen molar-refractivity contribution >= 4 is 17.1 Å². The molecule has 2 aromatic carbocycles. The van der Waals surface area contributed by atoms with Gasteiger partial charge < -0.3 is 15.4 Å². The minimum Gasteiger partial charge on any atom is -0.497 e. The Bertz CT molecular complexity index is 576. The normalized spacial score (nSPS) is 10.7. The predicted octanol–water partition coefficient (Wildman–Crippen LogP) is 4.17. The Labute approximate surface area is 121 Å². The van der Waals surface area contributed by atoms with Crippen molar-refractivity contribution in [2.45, 2.75) is 19.8 Å². The number of methoxy groups -OCH3 is 1. The molecule has 0 bridgehead atoms. The SMILES string of the molecule is COc1ccc(N(C)c2cccc(N)c2C(C)C)cc1. The molecule has 0 spiro atoms. The van der Waals surface area contributed by atoms with E-state index >= 15 is 0 Å². The maximum Gasteiger partial charge on any atom is 0.119 e. The van der Waals surface area contributed by atoms with Crippen LogP contribution in [0.2, 0.25) is 0 Å². The van der Waals surface area contributed by atoms with Crippen molar-refractivity contribution in [3.63, 3.8) is 0 Å². The van der Waals surface area contributed by atoms with Crippen LogP contribution in [0.3, 0.4) is 0 Å². The summed E-state index contributed by atoms with van der Waals surface area (Å²) in [4.78, 5) is 2.16. The lowest BCUT2D eigenvalue weighted by Crippen LogP contribution is -2.13. The van der Waals surface area contributed by atoms with Crippen molar-refractivity contribution in [2.24, 2.45) is 0 Å². The van der Waals surface area contributed by atoms with Gasteiger partial charge in [-0.1, -0.05) is 19.9 Å². The molecule has 20 heavy (non-hydrogen) atoms. The fourth-order valence-corrected chi connectivity index (χ4v) is 2.44. The van der Waals surface area contributed by atoms with Crippen LogP contribution < -0.4 is 15.4 Å². The van der Waals surface area contributed by atoms with Gasteiger partial charge in [0.15, 0.2) is 0 Å². The van der Waals surface area contributed by atoms with Gasteiger partial charge in [-0.2, -0.15) is 0 Å². The molecule has 0 fully saturated rings. The van der Waals surface area contributed by atoms with Crippen LogP contribution in [0.4, 0.5) is 17.1 Å². The summed E-state index contributed by atoms with van der Waals surface area (Å²) in [5.41, 5.74) is 10.4. The van der Waals surface area contributed by atoms with E-state index in [0.717, 1.165) is 22.8 Å². The molecule has 0 saturated heterocycles. The molecule has 0 amide bonds. The number of ether oxygens (including phenoxy) is 1. The maximum atomic E-state index is 6.14. The van der Waals surface area contributed by atoms with Gasteiger partial charge in [0, 0.05) is 29.7 Å². The van der Waals surface area contributed by atoms with Crippen LogP contribution in [0.25, 0.3) is 0 Å². The number of nitrogens with zero attached hydrogens (tertiary/aromatic N) is 1. The Hall–Kier alpha value is -2.16. The molecule has 2 N–H and O–H groups in total. The molecule has 3 nitrogen and oxygen atoms in total. The minimum atomic E-state index is 0.381. The second kappa shape index (κ2) is 5.87. The molecule has 0 unspecified atom stereocenters. The molecule has 0 aliphatic carbocycles. The summed E-state index contributed by atoms with van der Waals surface area (Å²) in [6, 6.07) is 14.1.